The Morgan fingerprint density at radius 3 is 2.50 bits per heavy atom. The third kappa shape index (κ3) is 4.18. The number of nitrogens with one attached hydrogen (secondary N) is 1. The lowest BCUT2D eigenvalue weighted by Crippen LogP contribution is -2.26. The first-order valence-electron chi connectivity index (χ1n) is 7.64. The van der Waals surface area contributed by atoms with E-state index in [2.05, 4.69) is 15.5 Å². The minimum absolute atomic E-state index is 0.232. The van der Waals surface area contributed by atoms with Gasteiger partial charge in [0.25, 0.3) is 5.91 Å². The maximum absolute atomic E-state index is 12.1. The van der Waals surface area contributed by atoms with Gasteiger partial charge in [0.2, 0.25) is 0 Å². The normalized spacial score (nSPS) is 10.4. The van der Waals surface area contributed by atoms with E-state index in [0.29, 0.717) is 23.7 Å². The molecular weight excluding hydrogens is 322 g/mol. The molecule has 120 valence electrons. The van der Waals surface area contributed by atoms with Gasteiger partial charge in [-0.2, -0.15) is 0 Å². The lowest BCUT2D eigenvalue weighted by Gasteiger charge is -2.06. The van der Waals surface area contributed by atoms with E-state index < -0.39 is 0 Å². The Balaban J connectivity index is 1.57. The van der Waals surface area contributed by atoms with Gasteiger partial charge in [-0.1, -0.05) is 54.1 Å². The quantitative estimate of drug-likeness (QED) is 0.771. The largest absolute Gasteiger partial charge is 0.350 e. The van der Waals surface area contributed by atoms with Crippen LogP contribution in [0.4, 0.5) is 0 Å². The summed E-state index contributed by atoms with van der Waals surface area (Å²) in [5.41, 5.74) is 3.10. The van der Waals surface area contributed by atoms with Crippen molar-refractivity contribution < 1.29 is 4.79 Å². The number of carbonyl (C=O) groups excluding carboxylic acids is 1. The van der Waals surface area contributed by atoms with Crippen molar-refractivity contribution in [1.29, 1.82) is 0 Å². The zero-order chi connectivity index (χ0) is 16.8. The Bertz CT molecular complexity index is 820. The Hall–Kier alpha value is -2.72. The Morgan fingerprint density at radius 1 is 0.958 bits per heavy atom. The third-order valence-electron chi connectivity index (χ3n) is 3.55. The maximum atomic E-state index is 12.1. The van der Waals surface area contributed by atoms with Gasteiger partial charge in [-0.05, 0) is 36.2 Å². The first kappa shape index (κ1) is 16.1. The highest BCUT2D eigenvalue weighted by molar-refractivity contribution is 6.30. The Labute approximate surface area is 145 Å². The van der Waals surface area contributed by atoms with Crippen LogP contribution in [0.15, 0.2) is 66.7 Å². The van der Waals surface area contributed by atoms with E-state index >= 15 is 0 Å². The highest BCUT2D eigenvalue weighted by Gasteiger charge is 2.08. The highest BCUT2D eigenvalue weighted by atomic mass is 35.5. The Kier molecular flexibility index (Phi) is 5.18. The number of rotatable bonds is 5. The third-order valence-corrected chi connectivity index (χ3v) is 3.79. The van der Waals surface area contributed by atoms with E-state index in [1.54, 1.807) is 12.1 Å². The van der Waals surface area contributed by atoms with Crippen LogP contribution in [0.25, 0.3) is 11.3 Å². The van der Waals surface area contributed by atoms with Crippen molar-refractivity contribution in [3.8, 4) is 11.3 Å². The molecule has 0 aliphatic carbocycles. The number of hydrogen-bond donors (Lipinski definition) is 1. The van der Waals surface area contributed by atoms with Gasteiger partial charge in [0.05, 0.1) is 5.69 Å². The fraction of sp³-hybridized carbons (Fsp3) is 0.105. The summed E-state index contributed by atoms with van der Waals surface area (Å²) in [4.78, 5) is 12.1. The first-order valence-corrected chi connectivity index (χ1v) is 8.02. The van der Waals surface area contributed by atoms with Crippen LogP contribution in [0.2, 0.25) is 5.02 Å². The average molecular weight is 338 g/mol. The molecule has 0 saturated heterocycles. The molecule has 0 radical (unpaired) electrons. The monoisotopic (exact) mass is 337 g/mol. The summed E-state index contributed by atoms with van der Waals surface area (Å²) in [6.07, 6.45) is 0.710. The molecule has 0 spiro atoms. The van der Waals surface area contributed by atoms with E-state index in [-0.39, 0.29) is 5.91 Å². The van der Waals surface area contributed by atoms with Crippen LogP contribution >= 0.6 is 11.6 Å². The molecule has 5 heteroatoms. The van der Waals surface area contributed by atoms with Crippen LogP contribution in [0.3, 0.4) is 0 Å². The molecule has 1 heterocycles. The molecular formula is C19H16ClN3O. The summed E-state index contributed by atoms with van der Waals surface area (Å²) in [5.74, 6) is -0.232. The van der Waals surface area contributed by atoms with Gasteiger partial charge < -0.3 is 5.32 Å². The minimum Gasteiger partial charge on any atom is -0.350 e. The summed E-state index contributed by atoms with van der Waals surface area (Å²) < 4.78 is 0. The fourth-order valence-corrected chi connectivity index (χ4v) is 2.53. The van der Waals surface area contributed by atoms with Crippen molar-refractivity contribution in [2.75, 3.05) is 6.54 Å². The van der Waals surface area contributed by atoms with Crippen LogP contribution in [0, 0.1) is 0 Å². The smallest absolute Gasteiger partial charge is 0.271 e. The predicted octanol–water partition coefficient (Wildman–Crippen LogP) is 3.77. The van der Waals surface area contributed by atoms with Gasteiger partial charge >= 0.3 is 0 Å². The van der Waals surface area contributed by atoms with E-state index in [9.17, 15) is 4.79 Å². The van der Waals surface area contributed by atoms with E-state index in [0.717, 1.165) is 16.8 Å². The zero-order valence-electron chi connectivity index (χ0n) is 12.9. The number of hydrogen-bond acceptors (Lipinski definition) is 3. The van der Waals surface area contributed by atoms with Crippen LogP contribution in [-0.4, -0.2) is 22.6 Å². The summed E-state index contributed by atoms with van der Waals surface area (Å²) in [6, 6.07) is 20.8. The van der Waals surface area contributed by atoms with Crippen LogP contribution in [0.5, 0.6) is 0 Å². The van der Waals surface area contributed by atoms with Gasteiger partial charge in [-0.3, -0.25) is 4.79 Å². The molecule has 1 amide bonds. The summed E-state index contributed by atoms with van der Waals surface area (Å²) in [7, 11) is 0. The molecule has 3 aromatic rings. The van der Waals surface area contributed by atoms with E-state index in [4.69, 9.17) is 11.6 Å². The van der Waals surface area contributed by atoms with Crippen molar-refractivity contribution in [1.82, 2.24) is 15.5 Å². The fourth-order valence-electron chi connectivity index (χ4n) is 2.32. The molecule has 0 fully saturated rings. The van der Waals surface area contributed by atoms with Crippen molar-refractivity contribution in [3.63, 3.8) is 0 Å². The number of aromatic nitrogens is 2. The Morgan fingerprint density at radius 2 is 1.79 bits per heavy atom. The second kappa shape index (κ2) is 7.70. The van der Waals surface area contributed by atoms with Crippen molar-refractivity contribution in [3.05, 3.63) is 83.0 Å². The van der Waals surface area contributed by atoms with Crippen LogP contribution in [0.1, 0.15) is 16.1 Å². The average Bonchev–Trinajstić information content (AvgIpc) is 2.63. The van der Waals surface area contributed by atoms with Crippen LogP contribution < -0.4 is 5.32 Å². The van der Waals surface area contributed by atoms with E-state index in [1.807, 2.05) is 54.6 Å². The highest BCUT2D eigenvalue weighted by Crippen LogP contribution is 2.15. The lowest BCUT2D eigenvalue weighted by molar-refractivity contribution is 0.0948. The topological polar surface area (TPSA) is 54.9 Å². The second-order valence-corrected chi connectivity index (χ2v) is 5.74. The first-order chi connectivity index (χ1) is 11.7. The number of nitrogens with zero attached hydrogens (tertiary/aromatic N) is 2. The van der Waals surface area contributed by atoms with Gasteiger partial charge in [0.1, 0.15) is 0 Å². The van der Waals surface area contributed by atoms with E-state index in [1.165, 1.54) is 0 Å². The molecule has 0 aliphatic rings. The molecule has 3 rings (SSSR count). The second-order valence-electron chi connectivity index (χ2n) is 5.31. The molecule has 0 saturated carbocycles. The van der Waals surface area contributed by atoms with Crippen molar-refractivity contribution in [2.45, 2.75) is 6.42 Å². The summed E-state index contributed by atoms with van der Waals surface area (Å²) >= 11 is 5.94. The standard InChI is InChI=1S/C19H16ClN3O/c20-16-8-4-5-14(13-16)11-12-21-19(24)18-10-9-17(22-23-18)15-6-2-1-3-7-15/h1-10,13H,11-12H2,(H,21,24). The van der Waals surface area contributed by atoms with Crippen molar-refractivity contribution in [2.24, 2.45) is 0 Å². The molecule has 4 nitrogen and oxygen atoms in total. The molecule has 24 heavy (non-hydrogen) atoms. The van der Waals surface area contributed by atoms with Gasteiger partial charge in [0.15, 0.2) is 5.69 Å². The molecule has 1 aromatic heterocycles. The molecule has 0 bridgehead atoms. The van der Waals surface area contributed by atoms with Crippen molar-refractivity contribution >= 4 is 17.5 Å². The number of benzene rings is 2. The maximum Gasteiger partial charge on any atom is 0.271 e. The number of carbonyl (C=O) groups is 1. The molecule has 0 aliphatic heterocycles. The van der Waals surface area contributed by atoms with Gasteiger partial charge in [0, 0.05) is 17.1 Å². The molecule has 1 N–H and O–H groups in total. The number of amides is 1. The molecule has 2 aromatic carbocycles. The summed E-state index contributed by atoms with van der Waals surface area (Å²) in [5, 5.41) is 11.7. The lowest BCUT2D eigenvalue weighted by atomic mass is 10.1. The van der Waals surface area contributed by atoms with Gasteiger partial charge in [-0.25, -0.2) is 0 Å². The molecule has 0 unspecified atom stereocenters. The zero-order valence-corrected chi connectivity index (χ0v) is 13.7. The van der Waals surface area contributed by atoms with Crippen LogP contribution in [-0.2, 0) is 6.42 Å². The number of halogens is 1. The van der Waals surface area contributed by atoms with Gasteiger partial charge in [-0.15, -0.1) is 10.2 Å². The predicted molar refractivity (Wildman–Crippen MR) is 95.0 cm³/mol. The molecule has 0 atom stereocenters. The minimum atomic E-state index is -0.232. The SMILES string of the molecule is O=C(NCCc1cccc(Cl)c1)c1ccc(-c2ccccc2)nn1. The summed E-state index contributed by atoms with van der Waals surface area (Å²) in [6.45, 7) is 0.515.